The monoisotopic (exact) mass is 285 g/mol. The number of urea groups is 1. The fourth-order valence-electron chi connectivity index (χ4n) is 1.54. The van der Waals surface area contributed by atoms with Crippen molar-refractivity contribution in [3.8, 4) is 0 Å². The molecule has 0 aliphatic carbocycles. The van der Waals surface area contributed by atoms with E-state index in [-0.39, 0.29) is 5.92 Å². The molecule has 0 fully saturated rings. The molecule has 2 atom stereocenters. The van der Waals surface area contributed by atoms with Crippen LogP contribution in [-0.2, 0) is 11.3 Å². The van der Waals surface area contributed by atoms with Crippen LogP contribution in [0.15, 0.2) is 5.38 Å². The number of carbonyl (C=O) groups is 2. The molecule has 0 bridgehead atoms. The number of aryl methyl sites for hydroxylation is 1. The van der Waals surface area contributed by atoms with Crippen LogP contribution in [0.3, 0.4) is 0 Å². The van der Waals surface area contributed by atoms with Crippen molar-refractivity contribution in [2.75, 3.05) is 0 Å². The first-order valence-electron chi connectivity index (χ1n) is 6.12. The van der Waals surface area contributed by atoms with Crippen molar-refractivity contribution in [3.05, 3.63) is 16.1 Å². The van der Waals surface area contributed by atoms with Crippen LogP contribution in [0.2, 0.25) is 0 Å². The van der Waals surface area contributed by atoms with Gasteiger partial charge in [0, 0.05) is 5.38 Å². The fraction of sp³-hybridized carbons (Fsp3) is 0.583. The Morgan fingerprint density at radius 2 is 2.21 bits per heavy atom. The molecule has 0 saturated carbocycles. The van der Waals surface area contributed by atoms with Gasteiger partial charge in [0.1, 0.15) is 6.04 Å². The van der Waals surface area contributed by atoms with Gasteiger partial charge in [0.25, 0.3) is 0 Å². The van der Waals surface area contributed by atoms with E-state index >= 15 is 0 Å². The van der Waals surface area contributed by atoms with E-state index in [1.165, 1.54) is 11.3 Å². The number of thiazole rings is 1. The molecule has 1 aromatic heterocycles. The second-order valence-electron chi connectivity index (χ2n) is 4.39. The molecule has 0 saturated heterocycles. The van der Waals surface area contributed by atoms with Crippen LogP contribution in [0.25, 0.3) is 0 Å². The van der Waals surface area contributed by atoms with Gasteiger partial charge in [0.05, 0.1) is 17.2 Å². The predicted molar refractivity (Wildman–Crippen MR) is 73.1 cm³/mol. The lowest BCUT2D eigenvalue weighted by molar-refractivity contribution is -0.140. The molecular weight excluding hydrogens is 266 g/mol. The summed E-state index contributed by atoms with van der Waals surface area (Å²) in [5.41, 5.74) is 0.771. The zero-order valence-electron chi connectivity index (χ0n) is 11.3. The molecule has 0 spiro atoms. The maximum atomic E-state index is 11.6. The summed E-state index contributed by atoms with van der Waals surface area (Å²) >= 11 is 1.51. The van der Waals surface area contributed by atoms with Gasteiger partial charge < -0.3 is 15.7 Å². The van der Waals surface area contributed by atoms with Crippen molar-refractivity contribution in [2.45, 2.75) is 39.8 Å². The zero-order valence-corrected chi connectivity index (χ0v) is 12.1. The van der Waals surface area contributed by atoms with Gasteiger partial charge in [0.15, 0.2) is 0 Å². The Hall–Kier alpha value is -1.63. The molecule has 1 rings (SSSR count). The molecule has 1 heterocycles. The standard InChI is InChI=1S/C12H19N3O3S/c1-4-7(2)10(11(16)17)15-12(18)13-5-9-6-19-8(3)14-9/h6-7,10H,4-5H2,1-3H3,(H,16,17)(H2,13,15,18)/t7?,10-/m0/s1. The van der Waals surface area contributed by atoms with E-state index < -0.39 is 18.0 Å². The van der Waals surface area contributed by atoms with E-state index in [2.05, 4.69) is 15.6 Å². The molecule has 0 aliphatic rings. The van der Waals surface area contributed by atoms with Crippen LogP contribution < -0.4 is 10.6 Å². The fourth-order valence-corrected chi connectivity index (χ4v) is 2.15. The third-order valence-electron chi connectivity index (χ3n) is 2.86. The van der Waals surface area contributed by atoms with Gasteiger partial charge in [-0.15, -0.1) is 11.3 Å². The summed E-state index contributed by atoms with van der Waals surface area (Å²) in [6.45, 7) is 5.86. The van der Waals surface area contributed by atoms with Gasteiger partial charge in [-0.05, 0) is 12.8 Å². The SMILES string of the molecule is CCC(C)[C@H](NC(=O)NCc1csc(C)n1)C(=O)O. The Morgan fingerprint density at radius 3 is 2.68 bits per heavy atom. The molecule has 0 aliphatic heterocycles. The van der Waals surface area contributed by atoms with Gasteiger partial charge in [0.2, 0.25) is 0 Å². The first kappa shape index (κ1) is 15.4. The van der Waals surface area contributed by atoms with Crippen LogP contribution in [-0.4, -0.2) is 28.1 Å². The summed E-state index contributed by atoms with van der Waals surface area (Å²) in [7, 11) is 0. The number of rotatable bonds is 6. The van der Waals surface area contributed by atoms with Crippen LogP contribution in [0.5, 0.6) is 0 Å². The lowest BCUT2D eigenvalue weighted by Gasteiger charge is -2.20. The largest absolute Gasteiger partial charge is 0.480 e. The maximum Gasteiger partial charge on any atom is 0.326 e. The van der Waals surface area contributed by atoms with E-state index in [4.69, 9.17) is 5.11 Å². The third kappa shape index (κ3) is 4.86. The summed E-state index contributed by atoms with van der Waals surface area (Å²) in [5.74, 6) is -1.14. The maximum absolute atomic E-state index is 11.6. The highest BCUT2D eigenvalue weighted by atomic mass is 32.1. The highest BCUT2D eigenvalue weighted by Crippen LogP contribution is 2.09. The lowest BCUT2D eigenvalue weighted by Crippen LogP contribution is -2.48. The minimum atomic E-state index is -1.02. The molecule has 106 valence electrons. The first-order valence-corrected chi connectivity index (χ1v) is 7.00. The van der Waals surface area contributed by atoms with Crippen LogP contribution in [0.4, 0.5) is 4.79 Å². The van der Waals surface area contributed by atoms with Crippen molar-refractivity contribution >= 4 is 23.3 Å². The Bertz CT molecular complexity index is 447. The van der Waals surface area contributed by atoms with E-state index in [9.17, 15) is 9.59 Å². The second-order valence-corrected chi connectivity index (χ2v) is 5.45. The van der Waals surface area contributed by atoms with E-state index in [0.717, 1.165) is 10.7 Å². The number of carboxylic acids is 1. The summed E-state index contributed by atoms with van der Waals surface area (Å²) < 4.78 is 0. The Labute approximate surface area is 116 Å². The Balaban J connectivity index is 2.46. The van der Waals surface area contributed by atoms with Crippen molar-refractivity contribution in [1.82, 2.24) is 15.6 Å². The minimum Gasteiger partial charge on any atom is -0.480 e. The zero-order chi connectivity index (χ0) is 14.4. The van der Waals surface area contributed by atoms with E-state index in [1.54, 1.807) is 6.92 Å². The van der Waals surface area contributed by atoms with Gasteiger partial charge in [-0.2, -0.15) is 0 Å². The van der Waals surface area contributed by atoms with Crippen molar-refractivity contribution in [3.63, 3.8) is 0 Å². The quantitative estimate of drug-likeness (QED) is 0.742. The third-order valence-corrected chi connectivity index (χ3v) is 3.68. The van der Waals surface area contributed by atoms with Crippen LogP contribution in [0.1, 0.15) is 31.0 Å². The average Bonchev–Trinajstić information content (AvgIpc) is 2.78. The average molecular weight is 285 g/mol. The number of hydrogen-bond acceptors (Lipinski definition) is 4. The number of hydrogen-bond donors (Lipinski definition) is 3. The van der Waals surface area contributed by atoms with Crippen LogP contribution >= 0.6 is 11.3 Å². The predicted octanol–water partition coefficient (Wildman–Crippen LogP) is 1.75. The first-order chi connectivity index (χ1) is 8.93. The molecule has 3 N–H and O–H groups in total. The number of nitrogens with zero attached hydrogens (tertiary/aromatic N) is 1. The molecule has 2 amide bonds. The molecule has 19 heavy (non-hydrogen) atoms. The van der Waals surface area contributed by atoms with Gasteiger partial charge in [-0.1, -0.05) is 20.3 Å². The van der Waals surface area contributed by atoms with Gasteiger partial charge in [-0.3, -0.25) is 0 Å². The number of amides is 2. The Kier molecular flexibility index (Phi) is 5.75. The smallest absolute Gasteiger partial charge is 0.326 e. The Morgan fingerprint density at radius 1 is 1.53 bits per heavy atom. The van der Waals surface area contributed by atoms with E-state index in [1.807, 2.05) is 19.2 Å². The number of carboxylic acid groups (broad SMARTS) is 1. The molecule has 0 aromatic carbocycles. The number of nitrogens with one attached hydrogen (secondary N) is 2. The van der Waals surface area contributed by atoms with Crippen molar-refractivity contribution < 1.29 is 14.7 Å². The van der Waals surface area contributed by atoms with Gasteiger partial charge in [-0.25, -0.2) is 14.6 Å². The molecule has 1 unspecified atom stereocenters. The summed E-state index contributed by atoms with van der Waals surface area (Å²) in [4.78, 5) is 26.9. The van der Waals surface area contributed by atoms with Gasteiger partial charge >= 0.3 is 12.0 Å². The summed E-state index contributed by atoms with van der Waals surface area (Å²) in [6, 6.07) is -1.36. The molecule has 1 aromatic rings. The minimum absolute atomic E-state index is 0.121. The normalized spacial score (nSPS) is 13.6. The molecular formula is C12H19N3O3S. The molecule has 7 heteroatoms. The molecule has 0 radical (unpaired) electrons. The van der Waals surface area contributed by atoms with Crippen molar-refractivity contribution in [1.29, 1.82) is 0 Å². The number of aliphatic carboxylic acids is 1. The van der Waals surface area contributed by atoms with Crippen LogP contribution in [0, 0.1) is 12.8 Å². The number of carbonyl (C=O) groups excluding carboxylic acids is 1. The highest BCUT2D eigenvalue weighted by molar-refractivity contribution is 7.09. The van der Waals surface area contributed by atoms with Crippen molar-refractivity contribution in [2.24, 2.45) is 5.92 Å². The number of aromatic nitrogens is 1. The topological polar surface area (TPSA) is 91.3 Å². The summed E-state index contributed by atoms with van der Waals surface area (Å²) in [6.07, 6.45) is 0.683. The molecule has 6 nitrogen and oxygen atoms in total. The second kappa shape index (κ2) is 7.08. The lowest BCUT2D eigenvalue weighted by atomic mass is 9.99. The van der Waals surface area contributed by atoms with E-state index in [0.29, 0.717) is 13.0 Å². The summed E-state index contributed by atoms with van der Waals surface area (Å²) in [5, 5.41) is 16.9. The highest BCUT2D eigenvalue weighted by Gasteiger charge is 2.25.